The monoisotopic (exact) mass is 505 g/mol. The molecule has 0 fully saturated rings. The fraction of sp³-hybridized carbons (Fsp3) is 0.150. The summed E-state index contributed by atoms with van der Waals surface area (Å²) in [5.74, 6) is -2.21. The van der Waals surface area contributed by atoms with Crippen molar-refractivity contribution in [1.29, 1.82) is 0 Å². The number of hydrogen-bond donors (Lipinski definition) is 3. The van der Waals surface area contributed by atoms with Gasteiger partial charge in [-0.05, 0) is 54.5 Å². The Kier molecular flexibility index (Phi) is 6.31. The van der Waals surface area contributed by atoms with Crippen molar-refractivity contribution in [2.24, 2.45) is 5.73 Å². The second-order valence-electron chi connectivity index (χ2n) is 7.03. The van der Waals surface area contributed by atoms with E-state index in [1.165, 1.54) is 17.4 Å². The number of primary amides is 1. The number of fused-ring (bicyclic) bond motifs is 1. The number of carbonyl (C=O) groups is 2. The first-order valence-electron chi connectivity index (χ1n) is 9.54. The van der Waals surface area contributed by atoms with Crippen LogP contribution in [0.4, 0.5) is 16.6 Å². The molecule has 4 rings (SSSR count). The standard InChI is InChI=1S/C20H16ClN5O5S2/c21-10-1-3-11(4-2-10)23-20(32)25-8-7-12-14(9-25)33-19(16(12)17(22)27)24-18(28)13-5-6-15(31-13)26(29)30/h1-6H,7-9H2,(H2,22,27)(H,23,32)(H,24,28). The summed E-state index contributed by atoms with van der Waals surface area (Å²) in [4.78, 5) is 37.5. The Morgan fingerprint density at radius 3 is 2.58 bits per heavy atom. The Bertz CT molecular complexity index is 1270. The molecule has 33 heavy (non-hydrogen) atoms. The third-order valence-corrected chi connectivity index (χ3v) is 6.65. The van der Waals surface area contributed by atoms with Crippen molar-refractivity contribution in [2.45, 2.75) is 13.0 Å². The highest BCUT2D eigenvalue weighted by atomic mass is 35.5. The number of carbonyl (C=O) groups excluding carboxylic acids is 2. The summed E-state index contributed by atoms with van der Waals surface area (Å²) < 4.78 is 4.93. The van der Waals surface area contributed by atoms with Gasteiger partial charge in [0.25, 0.3) is 11.8 Å². The minimum absolute atomic E-state index is 0.223. The van der Waals surface area contributed by atoms with Crippen LogP contribution < -0.4 is 16.4 Å². The number of amides is 2. The predicted molar refractivity (Wildman–Crippen MR) is 128 cm³/mol. The van der Waals surface area contributed by atoms with Crippen molar-refractivity contribution in [1.82, 2.24) is 4.90 Å². The maximum absolute atomic E-state index is 12.5. The first-order chi connectivity index (χ1) is 15.7. The van der Waals surface area contributed by atoms with E-state index in [1.54, 1.807) is 12.1 Å². The predicted octanol–water partition coefficient (Wildman–Crippen LogP) is 4.01. The number of nitrogens with one attached hydrogen (secondary N) is 2. The molecule has 1 aliphatic heterocycles. The number of nitrogens with zero attached hydrogens (tertiary/aromatic N) is 2. The Morgan fingerprint density at radius 2 is 1.94 bits per heavy atom. The molecule has 170 valence electrons. The zero-order valence-corrected chi connectivity index (χ0v) is 19.2. The maximum Gasteiger partial charge on any atom is 0.433 e. The van der Waals surface area contributed by atoms with E-state index in [9.17, 15) is 19.7 Å². The van der Waals surface area contributed by atoms with E-state index < -0.39 is 22.6 Å². The molecule has 3 heterocycles. The van der Waals surface area contributed by atoms with Gasteiger partial charge in [-0.1, -0.05) is 11.6 Å². The fourth-order valence-electron chi connectivity index (χ4n) is 3.37. The zero-order valence-electron chi connectivity index (χ0n) is 16.8. The lowest BCUT2D eigenvalue weighted by Gasteiger charge is -2.29. The Labute approximate surface area is 201 Å². The van der Waals surface area contributed by atoms with E-state index in [2.05, 4.69) is 10.6 Å². The molecule has 4 N–H and O–H groups in total. The van der Waals surface area contributed by atoms with Crippen LogP contribution in [-0.2, 0) is 13.0 Å². The van der Waals surface area contributed by atoms with E-state index >= 15 is 0 Å². The molecule has 1 aliphatic rings. The molecule has 0 aliphatic carbocycles. The highest BCUT2D eigenvalue weighted by Gasteiger charge is 2.29. The van der Waals surface area contributed by atoms with Gasteiger partial charge in [0.1, 0.15) is 9.92 Å². The average molecular weight is 506 g/mol. The molecule has 0 saturated carbocycles. The number of hydrogen-bond acceptors (Lipinski definition) is 7. The smallest absolute Gasteiger partial charge is 0.395 e. The average Bonchev–Trinajstić information content (AvgIpc) is 3.39. The van der Waals surface area contributed by atoms with Gasteiger partial charge in [-0.25, -0.2) is 0 Å². The molecule has 0 unspecified atom stereocenters. The topological polar surface area (TPSA) is 144 Å². The molecule has 0 spiro atoms. The van der Waals surface area contributed by atoms with E-state index in [0.29, 0.717) is 29.6 Å². The van der Waals surface area contributed by atoms with Crippen LogP contribution in [0.5, 0.6) is 0 Å². The molecule has 0 saturated heterocycles. The van der Waals surface area contributed by atoms with Gasteiger partial charge < -0.3 is 25.7 Å². The van der Waals surface area contributed by atoms with Crippen LogP contribution in [0, 0.1) is 10.1 Å². The molecule has 10 nitrogen and oxygen atoms in total. The molecule has 2 amide bonds. The van der Waals surface area contributed by atoms with Crippen molar-refractivity contribution in [3.8, 4) is 0 Å². The molecular formula is C20H16ClN5O5S2. The van der Waals surface area contributed by atoms with Gasteiger partial charge in [-0.2, -0.15) is 0 Å². The lowest BCUT2D eigenvalue weighted by molar-refractivity contribution is -0.402. The number of benzene rings is 1. The largest absolute Gasteiger partial charge is 0.433 e. The van der Waals surface area contributed by atoms with Crippen LogP contribution in [0.25, 0.3) is 0 Å². The van der Waals surface area contributed by atoms with Gasteiger partial charge in [0.15, 0.2) is 10.9 Å². The molecule has 0 bridgehead atoms. The van der Waals surface area contributed by atoms with Gasteiger partial charge in [0, 0.05) is 22.1 Å². The van der Waals surface area contributed by atoms with Crippen molar-refractivity contribution < 1.29 is 18.9 Å². The summed E-state index contributed by atoms with van der Waals surface area (Å²) in [7, 11) is 0. The molecule has 0 radical (unpaired) electrons. The van der Waals surface area contributed by atoms with Gasteiger partial charge >= 0.3 is 5.88 Å². The summed E-state index contributed by atoms with van der Waals surface area (Å²) in [5.41, 5.74) is 7.35. The number of thiocarbonyl (C=S) groups is 1. The molecular weight excluding hydrogens is 490 g/mol. The van der Waals surface area contributed by atoms with E-state index in [4.69, 9.17) is 34.0 Å². The van der Waals surface area contributed by atoms with Crippen molar-refractivity contribution >= 4 is 68.7 Å². The zero-order chi connectivity index (χ0) is 23.7. The highest BCUT2D eigenvalue weighted by molar-refractivity contribution is 7.80. The lowest BCUT2D eigenvalue weighted by Crippen LogP contribution is -2.38. The second kappa shape index (κ2) is 9.17. The third-order valence-electron chi connectivity index (χ3n) is 4.91. The molecule has 1 aromatic carbocycles. The summed E-state index contributed by atoms with van der Waals surface area (Å²) in [6.07, 6.45) is 0.495. The van der Waals surface area contributed by atoms with Gasteiger partial charge in [0.2, 0.25) is 0 Å². The molecule has 0 atom stereocenters. The minimum Gasteiger partial charge on any atom is -0.395 e. The van der Waals surface area contributed by atoms with Crippen LogP contribution in [-0.4, -0.2) is 33.3 Å². The minimum atomic E-state index is -0.745. The fourth-order valence-corrected chi connectivity index (χ4v) is 5.04. The van der Waals surface area contributed by atoms with E-state index in [-0.39, 0.29) is 16.3 Å². The summed E-state index contributed by atoms with van der Waals surface area (Å²) in [6, 6.07) is 9.40. The Balaban J connectivity index is 1.52. The SMILES string of the molecule is NC(=O)c1c(NC(=O)c2ccc([N+](=O)[O-])o2)sc2c1CCN(C(=S)Nc1ccc(Cl)cc1)C2. The second-order valence-corrected chi connectivity index (χ2v) is 8.96. The summed E-state index contributed by atoms with van der Waals surface area (Å²) in [5, 5.41) is 17.9. The van der Waals surface area contributed by atoms with Crippen LogP contribution >= 0.6 is 35.2 Å². The summed E-state index contributed by atoms with van der Waals surface area (Å²) >= 11 is 12.6. The number of rotatable bonds is 5. The summed E-state index contributed by atoms with van der Waals surface area (Å²) in [6.45, 7) is 0.961. The van der Waals surface area contributed by atoms with Gasteiger partial charge in [0.05, 0.1) is 18.2 Å². The molecule has 13 heteroatoms. The first-order valence-corrected chi connectivity index (χ1v) is 11.1. The quantitative estimate of drug-likeness (QED) is 0.268. The van der Waals surface area contributed by atoms with Crippen LogP contribution in [0.2, 0.25) is 5.02 Å². The highest BCUT2D eigenvalue weighted by Crippen LogP contribution is 2.37. The number of thiophene rings is 1. The van der Waals surface area contributed by atoms with Crippen molar-refractivity contribution in [2.75, 3.05) is 17.2 Å². The van der Waals surface area contributed by atoms with E-state index in [1.807, 2.05) is 17.0 Å². The van der Waals surface area contributed by atoms with Gasteiger partial charge in [-0.15, -0.1) is 11.3 Å². The van der Waals surface area contributed by atoms with Crippen LogP contribution in [0.1, 0.15) is 31.4 Å². The Morgan fingerprint density at radius 1 is 1.21 bits per heavy atom. The molecule has 3 aromatic rings. The molecule has 2 aromatic heterocycles. The number of anilines is 2. The number of nitro groups is 1. The van der Waals surface area contributed by atoms with Gasteiger partial charge in [-0.3, -0.25) is 19.7 Å². The van der Waals surface area contributed by atoms with Crippen molar-refractivity contribution in [3.05, 3.63) is 73.3 Å². The number of furan rings is 1. The Hall–Kier alpha value is -3.48. The van der Waals surface area contributed by atoms with E-state index in [0.717, 1.165) is 22.2 Å². The van der Waals surface area contributed by atoms with Crippen LogP contribution in [0.15, 0.2) is 40.8 Å². The van der Waals surface area contributed by atoms with Crippen LogP contribution in [0.3, 0.4) is 0 Å². The number of halogens is 1. The third kappa shape index (κ3) is 4.82. The lowest BCUT2D eigenvalue weighted by atomic mass is 10.0. The van der Waals surface area contributed by atoms with Crippen molar-refractivity contribution in [3.63, 3.8) is 0 Å². The first kappa shape index (κ1) is 22.7. The number of nitrogens with two attached hydrogens (primary N) is 1. The maximum atomic E-state index is 12.5. The normalized spacial score (nSPS) is 12.7.